The first kappa shape index (κ1) is 23.2. The number of rotatable bonds is 8. The van der Waals surface area contributed by atoms with Crippen LogP contribution < -0.4 is 11.1 Å². The number of nitrogens with zero attached hydrogens (tertiary/aromatic N) is 1. The first-order valence-electron chi connectivity index (χ1n) is 7.32. The molecule has 0 aliphatic carbocycles. The number of thioether (sulfide) groups is 1. The van der Waals surface area contributed by atoms with E-state index >= 15 is 0 Å². The molecular formula is C16H23Cl2N3OS2. The molecule has 0 aliphatic rings. The van der Waals surface area contributed by atoms with Crippen molar-refractivity contribution in [2.75, 3.05) is 13.1 Å². The maximum Gasteiger partial charge on any atom is 0.252 e. The van der Waals surface area contributed by atoms with Gasteiger partial charge in [0, 0.05) is 22.6 Å². The van der Waals surface area contributed by atoms with Crippen LogP contribution in [0.3, 0.4) is 0 Å². The quantitative estimate of drug-likeness (QED) is 0.511. The van der Waals surface area contributed by atoms with Crippen molar-refractivity contribution in [1.29, 1.82) is 0 Å². The van der Waals surface area contributed by atoms with Gasteiger partial charge in [-0.2, -0.15) is 0 Å². The Hall–Kier alpha value is -0.790. The summed E-state index contributed by atoms with van der Waals surface area (Å²) in [5.41, 5.74) is 7.25. The molecule has 3 N–H and O–H groups in total. The lowest BCUT2D eigenvalue weighted by Crippen LogP contribution is -2.25. The van der Waals surface area contributed by atoms with Crippen molar-refractivity contribution >= 4 is 53.8 Å². The van der Waals surface area contributed by atoms with Crippen LogP contribution in [0.2, 0.25) is 0 Å². The summed E-state index contributed by atoms with van der Waals surface area (Å²) in [6, 6.07) is 7.71. The molecule has 4 nitrogen and oxygen atoms in total. The Morgan fingerprint density at radius 1 is 1.29 bits per heavy atom. The van der Waals surface area contributed by atoms with Gasteiger partial charge in [-0.1, -0.05) is 12.1 Å². The molecule has 0 unspecified atom stereocenters. The Bertz CT molecular complexity index is 623. The van der Waals surface area contributed by atoms with Gasteiger partial charge < -0.3 is 11.1 Å². The van der Waals surface area contributed by atoms with Crippen LogP contribution in [0, 0.1) is 6.92 Å². The Balaban J connectivity index is 0.00000264. The van der Waals surface area contributed by atoms with E-state index in [0.29, 0.717) is 13.1 Å². The fraction of sp³-hybridized carbons (Fsp3) is 0.375. The molecule has 0 aliphatic heterocycles. The number of hydrogen-bond acceptors (Lipinski definition) is 5. The summed E-state index contributed by atoms with van der Waals surface area (Å²) in [7, 11) is 0. The van der Waals surface area contributed by atoms with Gasteiger partial charge in [0.05, 0.1) is 16.3 Å². The molecule has 1 aromatic heterocycles. The van der Waals surface area contributed by atoms with Crippen molar-refractivity contribution in [2.45, 2.75) is 30.4 Å². The van der Waals surface area contributed by atoms with Gasteiger partial charge in [0.2, 0.25) is 0 Å². The number of aryl methyl sites for hydroxylation is 1. The van der Waals surface area contributed by atoms with Crippen LogP contribution in [0.1, 0.15) is 33.9 Å². The van der Waals surface area contributed by atoms with Crippen LogP contribution in [0.4, 0.5) is 0 Å². The summed E-state index contributed by atoms with van der Waals surface area (Å²) in [6.07, 6.45) is 1.84. The molecule has 0 atom stereocenters. The van der Waals surface area contributed by atoms with Crippen molar-refractivity contribution in [3.8, 4) is 0 Å². The fourth-order valence-corrected chi connectivity index (χ4v) is 3.63. The maximum absolute atomic E-state index is 12.3. The highest BCUT2D eigenvalue weighted by molar-refractivity contribution is 7.98. The molecule has 0 fully saturated rings. The lowest BCUT2D eigenvalue weighted by atomic mass is 10.2. The number of aromatic nitrogens is 1. The molecule has 2 aromatic rings. The Kier molecular flexibility index (Phi) is 12.1. The average molecular weight is 408 g/mol. The van der Waals surface area contributed by atoms with Crippen molar-refractivity contribution in [3.05, 3.63) is 45.9 Å². The Morgan fingerprint density at radius 2 is 2.04 bits per heavy atom. The van der Waals surface area contributed by atoms with Crippen LogP contribution in [0.25, 0.3) is 0 Å². The molecule has 0 radical (unpaired) electrons. The maximum atomic E-state index is 12.3. The van der Waals surface area contributed by atoms with Gasteiger partial charge in [-0.25, -0.2) is 4.98 Å². The number of nitrogens with two attached hydrogens (primary N) is 1. The molecule has 2 rings (SSSR count). The van der Waals surface area contributed by atoms with Crippen LogP contribution in [0.5, 0.6) is 0 Å². The molecule has 1 heterocycles. The summed E-state index contributed by atoms with van der Waals surface area (Å²) in [4.78, 5) is 17.7. The third kappa shape index (κ3) is 7.40. The highest BCUT2D eigenvalue weighted by atomic mass is 35.5. The fourth-order valence-electron chi connectivity index (χ4n) is 1.97. The standard InChI is InChI=1S/C16H21N3OS2.2ClH/c1-12-19-13(10-21-12)11-22-15-7-3-2-6-14(15)16(20)18-9-5-4-8-17;;/h2-3,6-7,10H,4-5,8-9,11,17H2,1H3,(H,18,20);2*1H. The lowest BCUT2D eigenvalue weighted by Gasteiger charge is -2.09. The monoisotopic (exact) mass is 407 g/mol. The predicted molar refractivity (Wildman–Crippen MR) is 108 cm³/mol. The Labute approximate surface area is 163 Å². The zero-order chi connectivity index (χ0) is 15.8. The van der Waals surface area contributed by atoms with Crippen molar-refractivity contribution < 1.29 is 4.79 Å². The van der Waals surface area contributed by atoms with Gasteiger partial charge in [-0.15, -0.1) is 47.9 Å². The number of amides is 1. The van der Waals surface area contributed by atoms with Crippen LogP contribution in [-0.2, 0) is 5.75 Å². The molecule has 24 heavy (non-hydrogen) atoms. The number of unbranched alkanes of at least 4 members (excludes halogenated alkanes) is 1. The van der Waals surface area contributed by atoms with Gasteiger partial charge in [0.1, 0.15) is 0 Å². The van der Waals surface area contributed by atoms with E-state index in [9.17, 15) is 4.79 Å². The molecule has 1 amide bonds. The number of thiazole rings is 1. The highest BCUT2D eigenvalue weighted by Gasteiger charge is 2.11. The second-order valence-corrected chi connectivity index (χ2v) is 6.97. The van der Waals surface area contributed by atoms with Gasteiger partial charge in [-0.3, -0.25) is 4.79 Å². The van der Waals surface area contributed by atoms with Gasteiger partial charge in [-0.05, 0) is 38.4 Å². The Morgan fingerprint density at radius 3 is 2.71 bits per heavy atom. The summed E-state index contributed by atoms with van der Waals surface area (Å²) >= 11 is 3.30. The number of hydrogen-bond donors (Lipinski definition) is 2. The van der Waals surface area contributed by atoms with E-state index in [-0.39, 0.29) is 30.7 Å². The number of carbonyl (C=O) groups is 1. The molecule has 134 valence electrons. The smallest absolute Gasteiger partial charge is 0.252 e. The minimum Gasteiger partial charge on any atom is -0.352 e. The first-order chi connectivity index (χ1) is 10.7. The number of nitrogens with one attached hydrogen (secondary N) is 1. The molecule has 0 saturated heterocycles. The predicted octanol–water partition coefficient (Wildman–Crippen LogP) is 4.06. The topological polar surface area (TPSA) is 68.0 Å². The second kappa shape index (κ2) is 12.6. The van der Waals surface area contributed by atoms with Crippen LogP contribution in [0.15, 0.2) is 34.5 Å². The van der Waals surface area contributed by atoms with E-state index < -0.39 is 0 Å². The molecule has 0 spiro atoms. The zero-order valence-electron chi connectivity index (χ0n) is 13.5. The summed E-state index contributed by atoms with van der Waals surface area (Å²) in [6.45, 7) is 3.33. The largest absolute Gasteiger partial charge is 0.352 e. The summed E-state index contributed by atoms with van der Waals surface area (Å²) in [5.74, 6) is 0.761. The number of carbonyl (C=O) groups excluding carboxylic acids is 1. The highest BCUT2D eigenvalue weighted by Crippen LogP contribution is 2.26. The minimum absolute atomic E-state index is 0. The molecule has 1 aromatic carbocycles. The van der Waals surface area contributed by atoms with Gasteiger partial charge in [0.15, 0.2) is 0 Å². The van der Waals surface area contributed by atoms with Crippen molar-refractivity contribution in [1.82, 2.24) is 10.3 Å². The van der Waals surface area contributed by atoms with Gasteiger partial charge in [0.25, 0.3) is 5.91 Å². The normalized spacial score (nSPS) is 9.75. The third-order valence-corrected chi connectivity index (χ3v) is 5.02. The zero-order valence-corrected chi connectivity index (χ0v) is 16.8. The van der Waals surface area contributed by atoms with Gasteiger partial charge >= 0.3 is 0 Å². The third-order valence-electron chi connectivity index (χ3n) is 3.09. The molecular weight excluding hydrogens is 385 g/mol. The van der Waals surface area contributed by atoms with E-state index in [1.54, 1.807) is 23.1 Å². The number of benzene rings is 1. The van der Waals surface area contributed by atoms with E-state index in [4.69, 9.17) is 5.73 Å². The number of halogens is 2. The van der Waals surface area contributed by atoms with E-state index in [1.807, 2.05) is 31.2 Å². The molecule has 8 heteroatoms. The van der Waals surface area contributed by atoms with Crippen molar-refractivity contribution in [3.63, 3.8) is 0 Å². The van der Waals surface area contributed by atoms with E-state index in [1.165, 1.54) is 0 Å². The summed E-state index contributed by atoms with van der Waals surface area (Å²) < 4.78 is 0. The lowest BCUT2D eigenvalue weighted by molar-refractivity contribution is 0.0950. The van der Waals surface area contributed by atoms with Crippen LogP contribution in [-0.4, -0.2) is 24.0 Å². The first-order valence-corrected chi connectivity index (χ1v) is 9.18. The molecule has 0 bridgehead atoms. The second-order valence-electron chi connectivity index (χ2n) is 4.89. The minimum atomic E-state index is -0.0189. The average Bonchev–Trinajstić information content (AvgIpc) is 2.95. The van der Waals surface area contributed by atoms with Crippen LogP contribution >= 0.6 is 47.9 Å². The molecule has 0 saturated carbocycles. The SMILES string of the molecule is Cc1nc(CSc2ccccc2C(=O)NCCCCN)cs1.Cl.Cl. The van der Waals surface area contributed by atoms with E-state index in [2.05, 4.69) is 15.7 Å². The van der Waals surface area contributed by atoms with Crippen molar-refractivity contribution in [2.24, 2.45) is 5.73 Å². The summed E-state index contributed by atoms with van der Waals surface area (Å²) in [5, 5.41) is 6.09. The van der Waals surface area contributed by atoms with E-state index in [0.717, 1.165) is 39.8 Å².